The van der Waals surface area contributed by atoms with Gasteiger partial charge in [0.2, 0.25) is 0 Å². The Labute approximate surface area is 169 Å². The molecule has 2 fully saturated rings. The van der Waals surface area contributed by atoms with E-state index in [0.29, 0.717) is 41.0 Å². The smallest absolute Gasteiger partial charge is 0.183 e. The first-order valence-corrected chi connectivity index (χ1v) is 10.2. The molecule has 2 unspecified atom stereocenters. The zero-order valence-electron chi connectivity index (χ0n) is 16.4. The van der Waals surface area contributed by atoms with Crippen molar-refractivity contribution in [2.45, 2.75) is 44.7 Å². The van der Waals surface area contributed by atoms with Gasteiger partial charge in [-0.05, 0) is 62.8 Å². The van der Waals surface area contributed by atoms with Crippen molar-refractivity contribution in [2.75, 3.05) is 11.9 Å². The van der Waals surface area contributed by atoms with Gasteiger partial charge in [-0.15, -0.1) is 10.2 Å². The number of fused-ring (bicyclic) bond motifs is 2. The monoisotopic (exact) mass is 391 g/mol. The van der Waals surface area contributed by atoms with E-state index in [9.17, 15) is 5.11 Å². The molecule has 0 saturated carbocycles. The predicted molar refractivity (Wildman–Crippen MR) is 110 cm³/mol. The van der Waals surface area contributed by atoms with E-state index in [-0.39, 0.29) is 5.75 Å². The summed E-state index contributed by atoms with van der Waals surface area (Å²) in [7, 11) is 0. The van der Waals surface area contributed by atoms with E-state index >= 15 is 0 Å². The second kappa shape index (κ2) is 7.44. The van der Waals surface area contributed by atoms with E-state index in [2.05, 4.69) is 30.9 Å². The Hall–Kier alpha value is -3.00. The second-order valence-electron chi connectivity index (χ2n) is 8.04. The largest absolute Gasteiger partial charge is 0.506 e. The lowest BCUT2D eigenvalue weighted by atomic mass is 9.92. The lowest BCUT2D eigenvalue weighted by Gasteiger charge is -2.29. The molecule has 0 spiro atoms. The molecule has 8 nitrogen and oxygen atoms in total. The number of phenols is 1. The molecule has 2 saturated heterocycles. The standard InChI is InChI=1S/C21H25N7O/c1-13-23-21(28(27-13)18-4-2-3-5-19(18)29)17-8-9-20(26-25-17)22-12-14-10-15-6-7-16(11-14)24-15/h2-5,8-9,14-16,24,29H,6-7,10-12H2,1H3,(H,22,26). The van der Waals surface area contributed by atoms with Gasteiger partial charge in [0.25, 0.3) is 0 Å². The molecule has 0 radical (unpaired) electrons. The minimum Gasteiger partial charge on any atom is -0.506 e. The minimum atomic E-state index is 0.140. The zero-order chi connectivity index (χ0) is 19.8. The van der Waals surface area contributed by atoms with Crippen LogP contribution in [-0.4, -0.2) is 48.7 Å². The lowest BCUT2D eigenvalue weighted by molar-refractivity contribution is 0.311. The molecule has 2 aliphatic rings. The molecule has 3 N–H and O–H groups in total. The van der Waals surface area contributed by atoms with Crippen molar-refractivity contribution in [1.82, 2.24) is 30.3 Å². The van der Waals surface area contributed by atoms with Gasteiger partial charge in [0, 0.05) is 18.6 Å². The minimum absolute atomic E-state index is 0.140. The van der Waals surface area contributed by atoms with Gasteiger partial charge in [0.15, 0.2) is 5.82 Å². The maximum atomic E-state index is 10.2. The molecule has 8 heteroatoms. The van der Waals surface area contributed by atoms with Crippen LogP contribution in [0.3, 0.4) is 0 Å². The number of nitrogens with one attached hydrogen (secondary N) is 2. The first kappa shape index (κ1) is 18.1. The number of aryl methyl sites for hydroxylation is 1. The summed E-state index contributed by atoms with van der Waals surface area (Å²) >= 11 is 0. The highest BCUT2D eigenvalue weighted by Gasteiger charge is 2.33. The predicted octanol–water partition coefficient (Wildman–Crippen LogP) is 2.68. The maximum absolute atomic E-state index is 10.2. The molecular weight excluding hydrogens is 366 g/mol. The number of hydrogen-bond acceptors (Lipinski definition) is 7. The van der Waals surface area contributed by atoms with Crippen molar-refractivity contribution in [3.63, 3.8) is 0 Å². The molecule has 150 valence electrons. The number of benzene rings is 1. The number of hydrogen-bond donors (Lipinski definition) is 3. The molecule has 29 heavy (non-hydrogen) atoms. The number of nitrogens with zero attached hydrogens (tertiary/aromatic N) is 5. The van der Waals surface area contributed by atoms with Crippen molar-refractivity contribution >= 4 is 5.82 Å². The van der Waals surface area contributed by atoms with Crippen LogP contribution in [0.2, 0.25) is 0 Å². The van der Waals surface area contributed by atoms with Crippen molar-refractivity contribution in [2.24, 2.45) is 5.92 Å². The molecule has 2 aliphatic heterocycles. The van der Waals surface area contributed by atoms with E-state index in [1.807, 2.05) is 25.1 Å². The average Bonchev–Trinajstić information content (AvgIpc) is 3.28. The van der Waals surface area contributed by atoms with Crippen molar-refractivity contribution < 1.29 is 5.11 Å². The van der Waals surface area contributed by atoms with Crippen LogP contribution in [0, 0.1) is 12.8 Å². The number of aromatic nitrogens is 5. The Bertz CT molecular complexity index is 989. The molecule has 5 rings (SSSR count). The van der Waals surface area contributed by atoms with Crippen LogP contribution in [0.4, 0.5) is 5.82 Å². The highest BCUT2D eigenvalue weighted by Crippen LogP contribution is 2.31. The average molecular weight is 391 g/mol. The van der Waals surface area contributed by atoms with Gasteiger partial charge >= 0.3 is 0 Å². The Morgan fingerprint density at radius 2 is 1.90 bits per heavy atom. The fourth-order valence-electron chi connectivity index (χ4n) is 4.53. The first-order chi connectivity index (χ1) is 14.2. The molecule has 2 aromatic heterocycles. The Morgan fingerprint density at radius 1 is 1.10 bits per heavy atom. The fraction of sp³-hybridized carbons (Fsp3) is 0.429. The second-order valence-corrected chi connectivity index (χ2v) is 8.04. The Balaban J connectivity index is 1.31. The van der Waals surface area contributed by atoms with Gasteiger partial charge < -0.3 is 15.7 Å². The maximum Gasteiger partial charge on any atom is 0.183 e. The molecule has 1 aromatic carbocycles. The SMILES string of the molecule is Cc1nc(-c2ccc(NCC3CC4CCC(C3)N4)nn2)n(-c2ccccc2O)n1. The fourth-order valence-corrected chi connectivity index (χ4v) is 4.53. The van der Waals surface area contributed by atoms with Crippen molar-refractivity contribution in [1.29, 1.82) is 0 Å². The van der Waals surface area contributed by atoms with Gasteiger partial charge in [-0.25, -0.2) is 9.67 Å². The van der Waals surface area contributed by atoms with Crippen LogP contribution in [0.15, 0.2) is 36.4 Å². The summed E-state index contributed by atoms with van der Waals surface area (Å²) in [5, 5.41) is 30.4. The van der Waals surface area contributed by atoms with E-state index in [1.54, 1.807) is 22.9 Å². The van der Waals surface area contributed by atoms with Crippen LogP contribution in [0.1, 0.15) is 31.5 Å². The summed E-state index contributed by atoms with van der Waals surface area (Å²) in [5.74, 6) is 2.75. The number of anilines is 1. The molecule has 0 amide bonds. The molecule has 2 atom stereocenters. The van der Waals surface area contributed by atoms with Crippen molar-refractivity contribution in [3.05, 3.63) is 42.2 Å². The van der Waals surface area contributed by atoms with Gasteiger partial charge in [0.1, 0.15) is 28.8 Å². The summed E-state index contributed by atoms with van der Waals surface area (Å²) in [5.41, 5.74) is 1.17. The molecule has 0 aliphatic carbocycles. The molecular formula is C21H25N7O. The summed E-state index contributed by atoms with van der Waals surface area (Å²) in [6.07, 6.45) is 5.09. The highest BCUT2D eigenvalue weighted by molar-refractivity contribution is 5.57. The molecule has 3 aromatic rings. The summed E-state index contributed by atoms with van der Waals surface area (Å²) in [4.78, 5) is 4.48. The number of rotatable bonds is 5. The molecule has 4 heterocycles. The molecule has 2 bridgehead atoms. The number of para-hydroxylation sites is 2. The third kappa shape index (κ3) is 3.67. The topological polar surface area (TPSA) is 101 Å². The van der Waals surface area contributed by atoms with Crippen LogP contribution >= 0.6 is 0 Å². The normalized spacial score (nSPS) is 23.3. The van der Waals surface area contributed by atoms with Crippen LogP contribution in [-0.2, 0) is 0 Å². The number of phenolic OH excluding ortho intramolecular Hbond substituents is 1. The van der Waals surface area contributed by atoms with Gasteiger partial charge in [-0.1, -0.05) is 12.1 Å². The first-order valence-electron chi connectivity index (χ1n) is 10.2. The van der Waals surface area contributed by atoms with Crippen molar-refractivity contribution in [3.8, 4) is 23.0 Å². The number of piperidine rings is 1. The third-order valence-electron chi connectivity index (χ3n) is 5.86. The Morgan fingerprint density at radius 3 is 2.62 bits per heavy atom. The quantitative estimate of drug-likeness (QED) is 0.615. The van der Waals surface area contributed by atoms with Gasteiger partial charge in [-0.2, -0.15) is 5.10 Å². The summed E-state index contributed by atoms with van der Waals surface area (Å²) in [6.45, 7) is 2.74. The third-order valence-corrected chi connectivity index (χ3v) is 5.86. The Kier molecular flexibility index (Phi) is 4.63. The zero-order valence-corrected chi connectivity index (χ0v) is 16.4. The highest BCUT2D eigenvalue weighted by atomic mass is 16.3. The van der Waals surface area contributed by atoms with E-state index in [0.717, 1.165) is 12.4 Å². The van der Waals surface area contributed by atoms with Crippen LogP contribution in [0.25, 0.3) is 17.2 Å². The van der Waals surface area contributed by atoms with Crippen LogP contribution < -0.4 is 10.6 Å². The number of aromatic hydroxyl groups is 1. The van der Waals surface area contributed by atoms with E-state index in [4.69, 9.17) is 0 Å². The lowest BCUT2D eigenvalue weighted by Crippen LogP contribution is -2.40. The van der Waals surface area contributed by atoms with E-state index < -0.39 is 0 Å². The summed E-state index contributed by atoms with van der Waals surface area (Å²) in [6, 6.07) is 12.2. The van der Waals surface area contributed by atoms with Gasteiger partial charge in [0.05, 0.1) is 0 Å². The van der Waals surface area contributed by atoms with Crippen LogP contribution in [0.5, 0.6) is 5.75 Å². The van der Waals surface area contributed by atoms with E-state index in [1.165, 1.54) is 25.7 Å². The summed E-state index contributed by atoms with van der Waals surface area (Å²) < 4.78 is 1.60. The van der Waals surface area contributed by atoms with Gasteiger partial charge in [-0.3, -0.25) is 0 Å².